The Hall–Kier alpha value is -0.120. The minimum atomic E-state index is 0.434. The van der Waals surface area contributed by atoms with Crippen LogP contribution in [0.4, 0.5) is 0 Å². The van der Waals surface area contributed by atoms with Crippen molar-refractivity contribution in [1.29, 1.82) is 0 Å². The van der Waals surface area contributed by atoms with Crippen LogP contribution in [0.3, 0.4) is 0 Å². The van der Waals surface area contributed by atoms with Gasteiger partial charge in [0.1, 0.15) is 0 Å². The number of ether oxygens (including phenoxy) is 1. The molecule has 2 fully saturated rings. The van der Waals surface area contributed by atoms with Crippen LogP contribution in [-0.4, -0.2) is 43.8 Å². The van der Waals surface area contributed by atoms with E-state index >= 15 is 0 Å². The molecule has 0 radical (unpaired) electrons. The van der Waals surface area contributed by atoms with E-state index in [0.29, 0.717) is 12.0 Å². The molecule has 2 aliphatic rings. The zero-order valence-electron chi connectivity index (χ0n) is 10.5. The third kappa shape index (κ3) is 3.19. The van der Waals surface area contributed by atoms with Crippen LogP contribution in [0.5, 0.6) is 0 Å². The number of likely N-dealkylation sites (tertiary alicyclic amines) is 1. The molecule has 0 amide bonds. The van der Waals surface area contributed by atoms with Gasteiger partial charge in [-0.2, -0.15) is 0 Å². The van der Waals surface area contributed by atoms with Crippen molar-refractivity contribution in [3.8, 4) is 0 Å². The van der Waals surface area contributed by atoms with Gasteiger partial charge < -0.3 is 15.4 Å². The summed E-state index contributed by atoms with van der Waals surface area (Å²) in [5.74, 6) is 1.47. The van der Waals surface area contributed by atoms with Gasteiger partial charge in [-0.25, -0.2) is 0 Å². The van der Waals surface area contributed by atoms with E-state index in [0.717, 1.165) is 19.1 Å². The van der Waals surface area contributed by atoms with E-state index in [4.69, 9.17) is 10.5 Å². The van der Waals surface area contributed by atoms with Gasteiger partial charge in [-0.05, 0) is 37.6 Å². The summed E-state index contributed by atoms with van der Waals surface area (Å²) in [6.45, 7) is 7.82. The van der Waals surface area contributed by atoms with E-state index < -0.39 is 0 Å². The summed E-state index contributed by atoms with van der Waals surface area (Å²) in [7, 11) is 0. The van der Waals surface area contributed by atoms with Crippen LogP contribution in [0.25, 0.3) is 0 Å². The summed E-state index contributed by atoms with van der Waals surface area (Å²) in [6, 6.07) is 0.434. The number of rotatable bonds is 3. The Balaban J connectivity index is 1.76. The summed E-state index contributed by atoms with van der Waals surface area (Å²) in [5, 5.41) is 0. The molecule has 3 unspecified atom stereocenters. The van der Waals surface area contributed by atoms with Crippen molar-refractivity contribution in [2.75, 3.05) is 32.8 Å². The van der Waals surface area contributed by atoms with Crippen LogP contribution in [-0.2, 0) is 4.74 Å². The highest BCUT2D eigenvalue weighted by Crippen LogP contribution is 2.21. The lowest BCUT2D eigenvalue weighted by atomic mass is 9.89. The van der Waals surface area contributed by atoms with Gasteiger partial charge in [0.15, 0.2) is 0 Å². The fraction of sp³-hybridized carbons (Fsp3) is 1.00. The van der Waals surface area contributed by atoms with E-state index in [1.165, 1.54) is 45.3 Å². The Morgan fingerprint density at radius 2 is 2.25 bits per heavy atom. The van der Waals surface area contributed by atoms with Crippen molar-refractivity contribution in [2.24, 2.45) is 17.6 Å². The van der Waals surface area contributed by atoms with E-state index in [2.05, 4.69) is 11.8 Å². The highest BCUT2D eigenvalue weighted by atomic mass is 16.5. The number of nitrogens with zero attached hydrogens (tertiary/aromatic N) is 1. The number of nitrogens with two attached hydrogens (primary N) is 1. The maximum Gasteiger partial charge on any atom is 0.0506 e. The molecule has 0 aliphatic carbocycles. The Bertz CT molecular complexity index is 204. The second-order valence-electron chi connectivity index (χ2n) is 5.46. The Kier molecular flexibility index (Phi) is 4.62. The monoisotopic (exact) mass is 226 g/mol. The summed E-state index contributed by atoms with van der Waals surface area (Å²) >= 11 is 0. The van der Waals surface area contributed by atoms with Crippen LogP contribution < -0.4 is 5.73 Å². The van der Waals surface area contributed by atoms with Crippen LogP contribution >= 0.6 is 0 Å². The zero-order valence-corrected chi connectivity index (χ0v) is 10.5. The zero-order chi connectivity index (χ0) is 11.4. The van der Waals surface area contributed by atoms with Crippen LogP contribution in [0.1, 0.15) is 32.6 Å². The van der Waals surface area contributed by atoms with E-state index in [-0.39, 0.29) is 0 Å². The van der Waals surface area contributed by atoms with Gasteiger partial charge in [0, 0.05) is 25.7 Å². The second-order valence-corrected chi connectivity index (χ2v) is 5.46. The van der Waals surface area contributed by atoms with Gasteiger partial charge in [-0.3, -0.25) is 0 Å². The Morgan fingerprint density at radius 3 is 2.94 bits per heavy atom. The first-order chi connectivity index (χ1) is 7.79. The minimum absolute atomic E-state index is 0.434. The first kappa shape index (κ1) is 12.3. The molecule has 0 spiro atoms. The highest BCUT2D eigenvalue weighted by Gasteiger charge is 2.27. The highest BCUT2D eigenvalue weighted by molar-refractivity contribution is 4.83. The molecule has 2 N–H and O–H groups in total. The molecule has 2 heterocycles. The summed E-state index contributed by atoms with van der Waals surface area (Å²) in [4.78, 5) is 2.61. The molecule has 2 aliphatic heterocycles. The predicted octanol–water partition coefficient (Wildman–Crippen LogP) is 1.47. The third-order valence-electron chi connectivity index (χ3n) is 4.17. The van der Waals surface area contributed by atoms with Gasteiger partial charge in [0.05, 0.1) is 6.61 Å². The van der Waals surface area contributed by atoms with Crippen LogP contribution in [0.2, 0.25) is 0 Å². The molecule has 94 valence electrons. The molecular formula is C13H26N2O. The predicted molar refractivity (Wildman–Crippen MR) is 66.4 cm³/mol. The van der Waals surface area contributed by atoms with Gasteiger partial charge in [-0.15, -0.1) is 0 Å². The van der Waals surface area contributed by atoms with Crippen molar-refractivity contribution in [3.63, 3.8) is 0 Å². The first-order valence-corrected chi connectivity index (χ1v) is 6.85. The average molecular weight is 226 g/mol. The molecule has 2 rings (SSSR count). The maximum absolute atomic E-state index is 6.13. The lowest BCUT2D eigenvalue weighted by Gasteiger charge is -2.38. The fourth-order valence-electron chi connectivity index (χ4n) is 3.04. The number of hydrogen-bond donors (Lipinski definition) is 1. The lowest BCUT2D eigenvalue weighted by molar-refractivity contribution is 0.0290. The Morgan fingerprint density at radius 1 is 1.38 bits per heavy atom. The molecule has 0 aromatic heterocycles. The molecule has 0 aromatic rings. The van der Waals surface area contributed by atoms with E-state index in [1.807, 2.05) is 0 Å². The van der Waals surface area contributed by atoms with E-state index in [9.17, 15) is 0 Å². The molecule has 3 atom stereocenters. The van der Waals surface area contributed by atoms with Crippen molar-refractivity contribution in [1.82, 2.24) is 4.90 Å². The quantitative estimate of drug-likeness (QED) is 0.792. The van der Waals surface area contributed by atoms with Gasteiger partial charge in [-0.1, -0.05) is 13.3 Å². The molecule has 3 heteroatoms. The van der Waals surface area contributed by atoms with Crippen molar-refractivity contribution >= 4 is 0 Å². The molecule has 0 saturated carbocycles. The number of piperidine rings is 1. The van der Waals surface area contributed by atoms with Gasteiger partial charge in [0.2, 0.25) is 0 Å². The molecule has 2 saturated heterocycles. The topological polar surface area (TPSA) is 38.5 Å². The average Bonchev–Trinajstić information content (AvgIpc) is 2.33. The fourth-order valence-corrected chi connectivity index (χ4v) is 3.04. The standard InChI is InChI=1S/C13H26N2O/c1-2-12-9-15(6-5-13(12)14)8-11-4-3-7-16-10-11/h11-13H,2-10,14H2,1H3. The Labute approximate surface area is 99.3 Å². The minimum Gasteiger partial charge on any atom is -0.381 e. The van der Waals surface area contributed by atoms with Crippen LogP contribution in [0.15, 0.2) is 0 Å². The van der Waals surface area contributed by atoms with Crippen molar-refractivity contribution < 1.29 is 4.74 Å². The SMILES string of the molecule is CCC1CN(CC2CCCOC2)CCC1N. The maximum atomic E-state index is 6.13. The summed E-state index contributed by atoms with van der Waals surface area (Å²) in [6.07, 6.45) is 4.99. The molecule has 0 aromatic carbocycles. The smallest absolute Gasteiger partial charge is 0.0506 e. The van der Waals surface area contributed by atoms with Crippen molar-refractivity contribution in [2.45, 2.75) is 38.6 Å². The van der Waals surface area contributed by atoms with Gasteiger partial charge >= 0.3 is 0 Å². The summed E-state index contributed by atoms with van der Waals surface area (Å²) in [5.41, 5.74) is 6.13. The summed E-state index contributed by atoms with van der Waals surface area (Å²) < 4.78 is 5.55. The third-order valence-corrected chi connectivity index (χ3v) is 4.17. The van der Waals surface area contributed by atoms with Crippen molar-refractivity contribution in [3.05, 3.63) is 0 Å². The molecular weight excluding hydrogens is 200 g/mol. The first-order valence-electron chi connectivity index (χ1n) is 6.85. The van der Waals surface area contributed by atoms with Gasteiger partial charge in [0.25, 0.3) is 0 Å². The largest absolute Gasteiger partial charge is 0.381 e. The van der Waals surface area contributed by atoms with Crippen LogP contribution in [0, 0.1) is 11.8 Å². The molecule has 3 nitrogen and oxygen atoms in total. The molecule has 16 heavy (non-hydrogen) atoms. The second kappa shape index (κ2) is 5.99. The normalized spacial score (nSPS) is 37.5. The molecule has 0 bridgehead atoms. The van der Waals surface area contributed by atoms with E-state index in [1.54, 1.807) is 0 Å². The number of hydrogen-bond acceptors (Lipinski definition) is 3. The lowest BCUT2D eigenvalue weighted by Crippen LogP contribution is -2.48.